The highest BCUT2D eigenvalue weighted by Gasteiger charge is 2.19. The number of anilines is 1. The van der Waals surface area contributed by atoms with Crippen molar-refractivity contribution in [3.63, 3.8) is 0 Å². The normalized spacial score (nSPS) is 18.1. The molecule has 0 spiro atoms. The van der Waals surface area contributed by atoms with Crippen LogP contribution in [-0.4, -0.2) is 45.2 Å². The summed E-state index contributed by atoms with van der Waals surface area (Å²) in [4.78, 5) is 2.83. The molecule has 112 valence electrons. The van der Waals surface area contributed by atoms with Crippen molar-refractivity contribution in [2.24, 2.45) is 0 Å². The smallest absolute Gasteiger partial charge is 0.175 e. The lowest BCUT2D eigenvalue weighted by Crippen LogP contribution is -2.38. The first-order valence-corrected chi connectivity index (χ1v) is 9.09. The molecule has 0 amide bonds. The molecule has 20 heavy (non-hydrogen) atoms. The molecular formula is C15H24N2O2S. The molecule has 0 bridgehead atoms. The third-order valence-electron chi connectivity index (χ3n) is 4.03. The quantitative estimate of drug-likeness (QED) is 0.926. The summed E-state index contributed by atoms with van der Waals surface area (Å²) in [6, 6.07) is 5.75. The predicted molar refractivity (Wildman–Crippen MR) is 83.0 cm³/mol. The standard InChI is InChI=1S/C15H24N2O2S/c1-4-17-9-7-13(8-10-17)16-15-11-14(20(3,18)19)6-5-12(15)2/h5-6,11,13,16H,4,7-10H2,1-3H3. The summed E-state index contributed by atoms with van der Waals surface area (Å²) < 4.78 is 23.3. The Kier molecular flexibility index (Phi) is 4.70. The van der Waals surface area contributed by atoms with Gasteiger partial charge in [-0.25, -0.2) is 8.42 Å². The summed E-state index contributed by atoms with van der Waals surface area (Å²) in [6.45, 7) is 7.52. The SMILES string of the molecule is CCN1CCC(Nc2cc(S(C)(=O)=O)ccc2C)CC1. The number of nitrogens with zero attached hydrogens (tertiary/aromatic N) is 1. The molecule has 0 atom stereocenters. The molecule has 2 rings (SSSR count). The monoisotopic (exact) mass is 296 g/mol. The van der Waals surface area contributed by atoms with Gasteiger partial charge in [-0.1, -0.05) is 13.0 Å². The average Bonchev–Trinajstić information content (AvgIpc) is 2.41. The zero-order chi connectivity index (χ0) is 14.8. The molecule has 1 aromatic carbocycles. The van der Waals surface area contributed by atoms with Gasteiger partial charge in [0, 0.05) is 31.1 Å². The van der Waals surface area contributed by atoms with Crippen LogP contribution < -0.4 is 5.32 Å². The Morgan fingerprint density at radius 1 is 1.30 bits per heavy atom. The molecule has 1 saturated heterocycles. The number of rotatable bonds is 4. The van der Waals surface area contributed by atoms with Gasteiger partial charge in [0.2, 0.25) is 0 Å². The van der Waals surface area contributed by atoms with Crippen molar-refractivity contribution >= 4 is 15.5 Å². The second-order valence-corrected chi connectivity index (χ2v) is 7.62. The molecule has 0 saturated carbocycles. The summed E-state index contributed by atoms with van der Waals surface area (Å²) in [5, 5.41) is 3.52. The van der Waals surface area contributed by atoms with E-state index in [1.807, 2.05) is 13.0 Å². The van der Waals surface area contributed by atoms with Crippen LogP contribution in [0.5, 0.6) is 0 Å². The zero-order valence-electron chi connectivity index (χ0n) is 12.5. The van der Waals surface area contributed by atoms with Gasteiger partial charge in [-0.3, -0.25) is 0 Å². The van der Waals surface area contributed by atoms with E-state index < -0.39 is 9.84 Å². The highest BCUT2D eigenvalue weighted by atomic mass is 32.2. The molecule has 0 radical (unpaired) electrons. The van der Waals surface area contributed by atoms with E-state index >= 15 is 0 Å². The minimum absolute atomic E-state index is 0.386. The van der Waals surface area contributed by atoms with Crippen molar-refractivity contribution in [1.82, 2.24) is 4.90 Å². The highest BCUT2D eigenvalue weighted by molar-refractivity contribution is 7.90. The number of hydrogen-bond donors (Lipinski definition) is 1. The number of sulfone groups is 1. The van der Waals surface area contributed by atoms with Crippen LogP contribution in [0.15, 0.2) is 23.1 Å². The third kappa shape index (κ3) is 3.73. The Morgan fingerprint density at radius 3 is 2.50 bits per heavy atom. The number of likely N-dealkylation sites (tertiary alicyclic amines) is 1. The van der Waals surface area contributed by atoms with E-state index in [-0.39, 0.29) is 0 Å². The van der Waals surface area contributed by atoms with Gasteiger partial charge in [0.25, 0.3) is 0 Å². The van der Waals surface area contributed by atoms with Gasteiger partial charge in [0.05, 0.1) is 4.90 Å². The third-order valence-corrected chi connectivity index (χ3v) is 5.14. The summed E-state index contributed by atoms with van der Waals surface area (Å²) in [5.41, 5.74) is 2.04. The van der Waals surface area contributed by atoms with Gasteiger partial charge < -0.3 is 10.2 Å². The van der Waals surface area contributed by atoms with Gasteiger partial charge >= 0.3 is 0 Å². The molecule has 0 aromatic heterocycles. The second kappa shape index (κ2) is 6.14. The Bertz CT molecular complexity index is 561. The van der Waals surface area contributed by atoms with Gasteiger partial charge in [-0.2, -0.15) is 0 Å². The molecule has 1 aliphatic rings. The van der Waals surface area contributed by atoms with E-state index in [9.17, 15) is 8.42 Å². The Balaban J connectivity index is 2.10. The second-order valence-electron chi connectivity index (χ2n) is 5.60. The van der Waals surface area contributed by atoms with Gasteiger partial charge in [0.1, 0.15) is 0 Å². The first kappa shape index (κ1) is 15.3. The molecule has 0 unspecified atom stereocenters. The maximum Gasteiger partial charge on any atom is 0.175 e. The van der Waals surface area contributed by atoms with Crippen LogP contribution in [0, 0.1) is 6.92 Å². The first-order chi connectivity index (χ1) is 9.40. The molecule has 1 heterocycles. The maximum atomic E-state index is 11.6. The van der Waals surface area contributed by atoms with Crippen molar-refractivity contribution in [3.05, 3.63) is 23.8 Å². The van der Waals surface area contributed by atoms with E-state index in [0.29, 0.717) is 10.9 Å². The van der Waals surface area contributed by atoms with Crippen LogP contribution in [0.2, 0.25) is 0 Å². The topological polar surface area (TPSA) is 49.4 Å². The maximum absolute atomic E-state index is 11.6. The van der Waals surface area contributed by atoms with Crippen molar-refractivity contribution in [2.75, 3.05) is 31.2 Å². The van der Waals surface area contributed by atoms with E-state index in [0.717, 1.165) is 43.7 Å². The van der Waals surface area contributed by atoms with Crippen LogP contribution in [0.1, 0.15) is 25.3 Å². The number of aryl methyl sites for hydroxylation is 1. The fourth-order valence-electron chi connectivity index (χ4n) is 2.60. The molecule has 0 aliphatic carbocycles. The lowest BCUT2D eigenvalue weighted by Gasteiger charge is -2.32. The van der Waals surface area contributed by atoms with Crippen molar-refractivity contribution in [2.45, 2.75) is 37.6 Å². The van der Waals surface area contributed by atoms with E-state index in [2.05, 4.69) is 17.1 Å². The lowest BCUT2D eigenvalue weighted by molar-refractivity contribution is 0.229. The predicted octanol–water partition coefficient (Wildman–Crippen LogP) is 2.29. The molecule has 1 fully saturated rings. The summed E-state index contributed by atoms with van der Waals surface area (Å²) in [7, 11) is -3.14. The molecule has 1 aromatic rings. The van der Waals surface area contributed by atoms with E-state index in [1.165, 1.54) is 6.26 Å². The van der Waals surface area contributed by atoms with Crippen LogP contribution >= 0.6 is 0 Å². The van der Waals surface area contributed by atoms with Crippen molar-refractivity contribution in [3.8, 4) is 0 Å². The number of piperidine rings is 1. The first-order valence-electron chi connectivity index (χ1n) is 7.19. The summed E-state index contributed by atoms with van der Waals surface area (Å²) in [5.74, 6) is 0. The van der Waals surface area contributed by atoms with Crippen LogP contribution in [0.4, 0.5) is 5.69 Å². The fourth-order valence-corrected chi connectivity index (χ4v) is 3.25. The summed E-state index contributed by atoms with van der Waals surface area (Å²) >= 11 is 0. The number of benzene rings is 1. The molecule has 1 N–H and O–H groups in total. The van der Waals surface area contributed by atoms with Crippen molar-refractivity contribution < 1.29 is 8.42 Å². The van der Waals surface area contributed by atoms with Gasteiger partial charge in [0.15, 0.2) is 9.84 Å². The summed E-state index contributed by atoms with van der Waals surface area (Å²) in [6.07, 6.45) is 3.47. The Morgan fingerprint density at radius 2 is 1.95 bits per heavy atom. The van der Waals surface area contributed by atoms with Crippen LogP contribution in [0.25, 0.3) is 0 Å². The largest absolute Gasteiger partial charge is 0.382 e. The molecule has 5 heteroatoms. The van der Waals surface area contributed by atoms with Crippen LogP contribution in [-0.2, 0) is 9.84 Å². The minimum Gasteiger partial charge on any atom is -0.382 e. The van der Waals surface area contributed by atoms with Gasteiger partial charge in [-0.15, -0.1) is 0 Å². The lowest BCUT2D eigenvalue weighted by atomic mass is 10.0. The van der Waals surface area contributed by atoms with E-state index in [4.69, 9.17) is 0 Å². The minimum atomic E-state index is -3.14. The Hall–Kier alpha value is -1.07. The molecule has 4 nitrogen and oxygen atoms in total. The fraction of sp³-hybridized carbons (Fsp3) is 0.600. The molecular weight excluding hydrogens is 272 g/mol. The van der Waals surface area contributed by atoms with Gasteiger partial charge in [-0.05, 0) is 44.0 Å². The van der Waals surface area contributed by atoms with Crippen LogP contribution in [0.3, 0.4) is 0 Å². The average molecular weight is 296 g/mol. The zero-order valence-corrected chi connectivity index (χ0v) is 13.3. The number of hydrogen-bond acceptors (Lipinski definition) is 4. The highest BCUT2D eigenvalue weighted by Crippen LogP contribution is 2.23. The molecule has 1 aliphatic heterocycles. The van der Waals surface area contributed by atoms with Crippen molar-refractivity contribution in [1.29, 1.82) is 0 Å². The number of nitrogens with one attached hydrogen (secondary N) is 1. The van der Waals surface area contributed by atoms with E-state index in [1.54, 1.807) is 12.1 Å². The Labute approximate surface area is 122 Å².